The number of benzene rings is 2. The molecule has 11 nitrogen and oxygen atoms in total. The Bertz CT molecular complexity index is 1480. The fraction of sp³-hybridized carbons (Fsp3) is 0.333. The minimum Gasteiger partial charge on any atom is -0.497 e. The maximum atomic E-state index is 13.1. The van der Waals surface area contributed by atoms with E-state index in [2.05, 4.69) is 15.2 Å². The number of alkyl halides is 6. The summed E-state index contributed by atoms with van der Waals surface area (Å²) < 4.78 is 80.7. The number of nitrogens with zero attached hydrogens (tertiary/aromatic N) is 2. The lowest BCUT2D eigenvalue weighted by Crippen LogP contribution is -2.32. The van der Waals surface area contributed by atoms with Gasteiger partial charge in [-0.1, -0.05) is 6.07 Å². The Morgan fingerprint density at radius 3 is 2.06 bits per heavy atom. The number of aliphatic carboxylic acids is 2. The van der Waals surface area contributed by atoms with Gasteiger partial charge < -0.3 is 34.6 Å². The number of carboxylic acid groups (broad SMARTS) is 2. The van der Waals surface area contributed by atoms with E-state index in [1.807, 2.05) is 62.6 Å². The molecule has 256 valence electrons. The van der Waals surface area contributed by atoms with Gasteiger partial charge in [0.2, 0.25) is 5.91 Å². The summed E-state index contributed by atoms with van der Waals surface area (Å²) in [6.07, 6.45) is -6.06. The van der Waals surface area contributed by atoms with Crippen molar-refractivity contribution >= 4 is 23.5 Å². The third-order valence-corrected chi connectivity index (χ3v) is 6.08. The van der Waals surface area contributed by atoms with Crippen molar-refractivity contribution in [1.82, 2.24) is 9.88 Å². The van der Waals surface area contributed by atoms with Crippen LogP contribution in [0.15, 0.2) is 60.9 Å². The van der Waals surface area contributed by atoms with Crippen LogP contribution in [-0.2, 0) is 20.8 Å². The zero-order valence-electron chi connectivity index (χ0n) is 25.2. The summed E-state index contributed by atoms with van der Waals surface area (Å²) in [6, 6.07) is 15.4. The van der Waals surface area contributed by atoms with Gasteiger partial charge in [0.1, 0.15) is 30.5 Å². The number of fused-ring (bicyclic) bond motifs is 1. The number of carboxylic acids is 2. The molecule has 0 bridgehead atoms. The van der Waals surface area contributed by atoms with Crippen LogP contribution in [0, 0.1) is 5.92 Å². The first-order valence-corrected chi connectivity index (χ1v) is 13.4. The Morgan fingerprint density at radius 2 is 1.53 bits per heavy atom. The number of amides is 1. The fourth-order valence-corrected chi connectivity index (χ4v) is 3.71. The average molecular weight is 676 g/mol. The number of methoxy groups -OCH3 is 1. The molecule has 2 heterocycles. The van der Waals surface area contributed by atoms with Crippen LogP contribution in [-0.4, -0.2) is 91.3 Å². The Balaban J connectivity index is 0.000000459. The van der Waals surface area contributed by atoms with E-state index in [0.29, 0.717) is 31.1 Å². The molecule has 1 aromatic heterocycles. The summed E-state index contributed by atoms with van der Waals surface area (Å²) in [7, 11) is 5.62. The fourth-order valence-electron chi connectivity index (χ4n) is 3.71. The smallest absolute Gasteiger partial charge is 0.490 e. The summed E-state index contributed by atoms with van der Waals surface area (Å²) in [5, 5.41) is 17.3. The number of rotatable bonds is 8. The van der Waals surface area contributed by atoms with E-state index in [4.69, 9.17) is 34.0 Å². The molecule has 3 N–H and O–H groups in total. The van der Waals surface area contributed by atoms with Crippen molar-refractivity contribution in [1.29, 1.82) is 0 Å². The van der Waals surface area contributed by atoms with Crippen LogP contribution in [0.5, 0.6) is 17.2 Å². The molecule has 0 saturated heterocycles. The maximum absolute atomic E-state index is 13.1. The Hall–Kier alpha value is -5.06. The number of hydrogen-bond donors (Lipinski definition) is 3. The Kier molecular flexibility index (Phi) is 13.8. The van der Waals surface area contributed by atoms with Crippen LogP contribution in [0.1, 0.15) is 5.56 Å². The largest absolute Gasteiger partial charge is 0.497 e. The Labute approximate surface area is 264 Å². The summed E-state index contributed by atoms with van der Waals surface area (Å²) in [5.74, 6) is -3.73. The number of ether oxygens (including phenoxy) is 3. The van der Waals surface area contributed by atoms with E-state index in [-0.39, 0.29) is 11.8 Å². The molecule has 0 saturated carbocycles. The first-order valence-electron chi connectivity index (χ1n) is 13.4. The molecule has 1 aliphatic rings. The first-order chi connectivity index (χ1) is 21.9. The van der Waals surface area contributed by atoms with Crippen LogP contribution in [0.4, 0.5) is 32.0 Å². The molecule has 1 amide bonds. The van der Waals surface area contributed by atoms with Crippen LogP contribution in [0.3, 0.4) is 0 Å². The topological polar surface area (TPSA) is 148 Å². The lowest BCUT2D eigenvalue weighted by Gasteiger charge is -2.25. The number of carbonyl (C=O) groups excluding carboxylic acids is 1. The zero-order chi connectivity index (χ0) is 35.4. The van der Waals surface area contributed by atoms with Gasteiger partial charge >= 0.3 is 24.3 Å². The second-order valence-electron chi connectivity index (χ2n) is 9.88. The highest BCUT2D eigenvalue weighted by atomic mass is 19.4. The van der Waals surface area contributed by atoms with E-state index in [1.165, 1.54) is 0 Å². The molecule has 2 aromatic carbocycles. The molecule has 0 fully saturated rings. The molecule has 4 rings (SSSR count). The molecule has 0 aliphatic carbocycles. The summed E-state index contributed by atoms with van der Waals surface area (Å²) in [4.78, 5) is 37.1. The number of carbonyl (C=O) groups is 3. The van der Waals surface area contributed by atoms with Gasteiger partial charge in [-0.05, 0) is 79.7 Å². The van der Waals surface area contributed by atoms with Crippen LogP contribution in [0.25, 0.3) is 11.1 Å². The van der Waals surface area contributed by atoms with Crippen molar-refractivity contribution in [3.63, 3.8) is 0 Å². The van der Waals surface area contributed by atoms with E-state index in [0.717, 1.165) is 34.7 Å². The quantitative estimate of drug-likeness (QED) is 0.274. The van der Waals surface area contributed by atoms with Gasteiger partial charge in [-0.2, -0.15) is 26.3 Å². The van der Waals surface area contributed by atoms with Crippen molar-refractivity contribution in [3.05, 3.63) is 66.5 Å². The molecular formula is C30H31F6N3O8. The van der Waals surface area contributed by atoms with Gasteiger partial charge in [0, 0.05) is 18.9 Å². The summed E-state index contributed by atoms with van der Waals surface area (Å²) >= 11 is 0. The molecule has 1 unspecified atom stereocenters. The van der Waals surface area contributed by atoms with Gasteiger partial charge in [0.05, 0.1) is 18.7 Å². The number of likely N-dealkylation sites (N-methyl/N-ethyl adjacent to an activating group) is 1. The van der Waals surface area contributed by atoms with Gasteiger partial charge in [-0.15, -0.1) is 0 Å². The molecule has 3 aromatic rings. The second-order valence-corrected chi connectivity index (χ2v) is 9.88. The molecule has 47 heavy (non-hydrogen) atoms. The minimum atomic E-state index is -5.08. The van der Waals surface area contributed by atoms with Crippen LogP contribution < -0.4 is 19.5 Å². The number of anilines is 1. The van der Waals surface area contributed by atoms with E-state index >= 15 is 0 Å². The molecule has 17 heteroatoms. The highest BCUT2D eigenvalue weighted by Gasteiger charge is 2.39. The highest BCUT2D eigenvalue weighted by molar-refractivity contribution is 5.95. The Morgan fingerprint density at radius 1 is 0.936 bits per heavy atom. The molecule has 1 atom stereocenters. The maximum Gasteiger partial charge on any atom is 0.490 e. The highest BCUT2D eigenvalue weighted by Crippen LogP contribution is 2.34. The predicted octanol–water partition coefficient (Wildman–Crippen LogP) is 5.15. The van der Waals surface area contributed by atoms with Gasteiger partial charge in [0.15, 0.2) is 0 Å². The number of nitrogens with one attached hydrogen (secondary N) is 1. The number of halogens is 6. The third-order valence-electron chi connectivity index (χ3n) is 6.08. The van der Waals surface area contributed by atoms with Crippen molar-refractivity contribution in [2.24, 2.45) is 5.92 Å². The average Bonchev–Trinajstić information content (AvgIpc) is 3.01. The monoisotopic (exact) mass is 675 g/mol. The van der Waals surface area contributed by atoms with Crippen molar-refractivity contribution in [2.45, 2.75) is 18.8 Å². The molecule has 1 aliphatic heterocycles. The lowest BCUT2D eigenvalue weighted by atomic mass is 9.95. The van der Waals surface area contributed by atoms with Gasteiger partial charge in [-0.3, -0.25) is 9.78 Å². The summed E-state index contributed by atoms with van der Waals surface area (Å²) in [5.41, 5.74) is 3.65. The summed E-state index contributed by atoms with van der Waals surface area (Å²) in [6.45, 7) is 1.61. The van der Waals surface area contributed by atoms with E-state index in [9.17, 15) is 31.1 Å². The van der Waals surface area contributed by atoms with Crippen molar-refractivity contribution < 1.29 is 65.1 Å². The number of aromatic nitrogens is 1. The van der Waals surface area contributed by atoms with Gasteiger partial charge in [0.25, 0.3) is 0 Å². The number of pyridine rings is 1. The lowest BCUT2D eigenvalue weighted by molar-refractivity contribution is -0.193. The minimum absolute atomic E-state index is 0.0995. The van der Waals surface area contributed by atoms with Gasteiger partial charge in [-0.25, -0.2) is 9.59 Å². The zero-order valence-corrected chi connectivity index (χ0v) is 25.2. The molecule has 0 spiro atoms. The van der Waals surface area contributed by atoms with E-state index in [1.54, 1.807) is 19.5 Å². The van der Waals surface area contributed by atoms with Crippen LogP contribution in [0.2, 0.25) is 0 Å². The standard InChI is InChI=1S/C26H29N3O4.2C2HF3O2/c1-29(2)12-13-32-25-16-19(18-8-10-27-11-9-18)4-6-23(25)28-26(30)21-14-20-15-22(31-3)5-7-24(20)33-17-21;2*3-2(4,5)1(6)7/h4-11,15-16,21H,12-14,17H2,1-3H3,(H,28,30);2*(H,6,7). The third kappa shape index (κ3) is 12.7. The van der Waals surface area contributed by atoms with Crippen molar-refractivity contribution in [2.75, 3.05) is 46.3 Å². The normalized spacial score (nSPS) is 13.8. The van der Waals surface area contributed by atoms with Crippen molar-refractivity contribution in [3.8, 4) is 28.4 Å². The van der Waals surface area contributed by atoms with Crippen LogP contribution >= 0.6 is 0 Å². The molecule has 0 radical (unpaired) electrons. The van der Waals surface area contributed by atoms with E-state index < -0.39 is 24.3 Å². The second kappa shape index (κ2) is 17.0. The molecular weight excluding hydrogens is 644 g/mol. The number of hydrogen-bond acceptors (Lipinski definition) is 8. The SMILES string of the molecule is COc1ccc2c(c1)CC(C(=O)Nc1ccc(-c3ccncc3)cc1OCCN(C)C)CO2.O=C(O)C(F)(F)F.O=C(O)C(F)(F)F. The predicted molar refractivity (Wildman–Crippen MR) is 155 cm³/mol. The first kappa shape index (κ1) is 38.1.